The van der Waals surface area contributed by atoms with Crippen LogP contribution in [0.15, 0.2) is 24.3 Å². The fraction of sp³-hybridized carbons (Fsp3) is 0.652. The van der Waals surface area contributed by atoms with Gasteiger partial charge in [0.15, 0.2) is 0 Å². The third kappa shape index (κ3) is 12.5. The largest absolute Gasteiger partial charge is 0.494 e. The molecular formula is C23H37O4. The lowest BCUT2D eigenvalue weighted by molar-refractivity contribution is -0.241. The highest BCUT2D eigenvalue weighted by Gasteiger charge is 2.08. The lowest BCUT2D eigenvalue weighted by atomic mass is 10.1. The third-order valence-electron chi connectivity index (χ3n) is 4.51. The van der Waals surface area contributed by atoms with E-state index in [4.69, 9.17) is 14.5 Å². The summed E-state index contributed by atoms with van der Waals surface area (Å²) in [5.74, 6) is 0.275. The molecule has 1 rings (SSSR count). The lowest BCUT2D eigenvalue weighted by Crippen LogP contribution is -2.07. The van der Waals surface area contributed by atoms with Gasteiger partial charge >= 0.3 is 5.97 Å². The molecule has 0 saturated heterocycles. The van der Waals surface area contributed by atoms with Gasteiger partial charge in [-0.1, -0.05) is 77.6 Å². The summed E-state index contributed by atoms with van der Waals surface area (Å²) in [6.07, 6.45) is 15.0. The summed E-state index contributed by atoms with van der Waals surface area (Å²) in [4.78, 5) is 21.7. The summed E-state index contributed by atoms with van der Waals surface area (Å²) >= 11 is 0. The molecule has 0 fully saturated rings. The highest BCUT2D eigenvalue weighted by Crippen LogP contribution is 2.14. The zero-order valence-corrected chi connectivity index (χ0v) is 17.0. The normalized spacial score (nSPS) is 10.7. The van der Waals surface area contributed by atoms with Crippen molar-refractivity contribution in [3.63, 3.8) is 0 Å². The average molecular weight is 378 g/mol. The maximum Gasteiger partial charge on any atom is 0.373 e. The van der Waals surface area contributed by atoms with E-state index in [-0.39, 0.29) is 0 Å². The molecule has 0 bridgehead atoms. The van der Waals surface area contributed by atoms with E-state index < -0.39 is 5.97 Å². The number of ether oxygens (including phenoxy) is 1. The molecule has 27 heavy (non-hydrogen) atoms. The van der Waals surface area contributed by atoms with Crippen LogP contribution in [0.1, 0.15) is 94.3 Å². The van der Waals surface area contributed by atoms with Gasteiger partial charge in [-0.3, -0.25) is 4.89 Å². The molecule has 1 aromatic rings. The molecule has 1 aromatic carbocycles. The molecule has 153 valence electrons. The molecule has 4 heteroatoms. The molecule has 0 atom stereocenters. The van der Waals surface area contributed by atoms with E-state index >= 15 is 0 Å². The topological polar surface area (TPSA) is 44.8 Å². The second-order valence-electron chi connectivity index (χ2n) is 6.89. The molecule has 0 amide bonds. The summed E-state index contributed by atoms with van der Waals surface area (Å²) in [6, 6.07) is 6.86. The van der Waals surface area contributed by atoms with Gasteiger partial charge in [-0.25, -0.2) is 4.79 Å². The second kappa shape index (κ2) is 16.6. The van der Waals surface area contributed by atoms with Crippen molar-refractivity contribution >= 4 is 5.97 Å². The van der Waals surface area contributed by atoms with E-state index in [0.717, 1.165) is 25.0 Å². The van der Waals surface area contributed by atoms with Gasteiger partial charge in [0.1, 0.15) is 5.75 Å². The van der Waals surface area contributed by atoms with Crippen LogP contribution >= 0.6 is 0 Å². The Balaban J connectivity index is 1.90. The molecule has 1 radical (unpaired) electrons. The maximum absolute atomic E-state index is 11.8. The quantitative estimate of drug-likeness (QED) is 0.172. The number of carbonyl (C=O) groups is 1. The van der Waals surface area contributed by atoms with E-state index in [1.54, 1.807) is 24.3 Å². The Labute approximate surface area is 165 Å². The molecule has 0 aliphatic heterocycles. The molecule has 0 N–H and O–H groups in total. The molecule has 0 spiro atoms. The zero-order chi connectivity index (χ0) is 19.6. The second-order valence-corrected chi connectivity index (χ2v) is 6.89. The Morgan fingerprint density at radius 1 is 0.815 bits per heavy atom. The minimum atomic E-state index is -0.465. The monoisotopic (exact) mass is 377 g/mol. The van der Waals surface area contributed by atoms with E-state index in [1.807, 2.05) is 6.92 Å². The summed E-state index contributed by atoms with van der Waals surface area (Å²) in [5.41, 5.74) is 0.463. The smallest absolute Gasteiger partial charge is 0.373 e. The summed E-state index contributed by atoms with van der Waals surface area (Å²) < 4.78 is 5.34. The lowest BCUT2D eigenvalue weighted by Gasteiger charge is -2.06. The van der Waals surface area contributed by atoms with Crippen LogP contribution in [0.2, 0.25) is 0 Å². The fourth-order valence-electron chi connectivity index (χ4n) is 2.93. The van der Waals surface area contributed by atoms with Crippen LogP contribution in [0.4, 0.5) is 0 Å². The van der Waals surface area contributed by atoms with Crippen LogP contribution in [-0.4, -0.2) is 19.2 Å². The number of unbranched alkanes of at least 4 members (excludes halogenated alkanes) is 11. The van der Waals surface area contributed by atoms with E-state index in [9.17, 15) is 4.79 Å². The highest BCUT2D eigenvalue weighted by atomic mass is 17.2. The molecule has 0 aliphatic rings. The van der Waals surface area contributed by atoms with E-state index in [2.05, 4.69) is 6.92 Å². The molecule has 0 aromatic heterocycles. The molecule has 0 unspecified atom stereocenters. The summed E-state index contributed by atoms with van der Waals surface area (Å²) in [7, 11) is 0. The first kappa shape index (κ1) is 23.5. The standard InChI is InChI=1S/C23H37O4/c1-3-5-6-7-8-9-10-11-12-13-14-15-20-26-27-23(24)21-16-18-22(19-17-21)25-4-2/h16-19H,1,3-15,20H2,2H3. The van der Waals surface area contributed by atoms with Crippen LogP contribution in [0.25, 0.3) is 0 Å². The van der Waals surface area contributed by atoms with Crippen molar-refractivity contribution in [1.82, 2.24) is 0 Å². The number of benzene rings is 1. The molecular weight excluding hydrogens is 340 g/mol. The van der Waals surface area contributed by atoms with Gasteiger partial charge < -0.3 is 4.74 Å². The van der Waals surface area contributed by atoms with Crippen molar-refractivity contribution in [2.24, 2.45) is 0 Å². The van der Waals surface area contributed by atoms with Crippen LogP contribution in [0, 0.1) is 6.92 Å². The van der Waals surface area contributed by atoms with Crippen molar-refractivity contribution in [1.29, 1.82) is 0 Å². The van der Waals surface area contributed by atoms with Gasteiger partial charge in [-0.05, 0) is 37.6 Å². The van der Waals surface area contributed by atoms with E-state index in [0.29, 0.717) is 18.8 Å². The minimum Gasteiger partial charge on any atom is -0.494 e. The first-order chi connectivity index (χ1) is 13.3. The maximum atomic E-state index is 11.8. The van der Waals surface area contributed by atoms with Crippen LogP contribution in [-0.2, 0) is 9.78 Å². The van der Waals surface area contributed by atoms with Crippen molar-refractivity contribution in [3.8, 4) is 5.75 Å². The third-order valence-corrected chi connectivity index (χ3v) is 4.51. The van der Waals surface area contributed by atoms with Crippen LogP contribution in [0.3, 0.4) is 0 Å². The minimum absolute atomic E-state index is 0.453. The average Bonchev–Trinajstić information content (AvgIpc) is 2.69. The van der Waals surface area contributed by atoms with E-state index in [1.165, 1.54) is 57.8 Å². The predicted octanol–water partition coefficient (Wildman–Crippen LogP) is 6.69. The Morgan fingerprint density at radius 3 is 1.85 bits per heavy atom. The summed E-state index contributed by atoms with van der Waals surface area (Å²) in [6.45, 7) is 6.85. The van der Waals surface area contributed by atoms with Crippen LogP contribution < -0.4 is 4.74 Å². The van der Waals surface area contributed by atoms with Crippen LogP contribution in [0.5, 0.6) is 5.75 Å². The highest BCUT2D eigenvalue weighted by molar-refractivity contribution is 5.89. The Morgan fingerprint density at radius 2 is 1.33 bits per heavy atom. The SMILES string of the molecule is [CH2]CCCCCCCCCCCCCOOC(=O)c1ccc(OCC)cc1. The molecule has 0 aliphatic carbocycles. The number of hydrogen-bond donors (Lipinski definition) is 0. The fourth-order valence-corrected chi connectivity index (χ4v) is 2.93. The molecule has 0 heterocycles. The Bertz CT molecular complexity index is 470. The van der Waals surface area contributed by atoms with Crippen molar-refractivity contribution in [2.45, 2.75) is 84.0 Å². The molecule has 0 saturated carbocycles. The number of rotatable bonds is 17. The first-order valence-corrected chi connectivity index (χ1v) is 10.6. The number of hydrogen-bond acceptors (Lipinski definition) is 4. The zero-order valence-electron chi connectivity index (χ0n) is 17.0. The van der Waals surface area contributed by atoms with Crippen molar-refractivity contribution < 1.29 is 19.3 Å². The number of carbonyl (C=O) groups excluding carboxylic acids is 1. The van der Waals surface area contributed by atoms with Gasteiger partial charge in [0.2, 0.25) is 0 Å². The van der Waals surface area contributed by atoms with Gasteiger partial charge in [-0.2, -0.15) is 4.89 Å². The van der Waals surface area contributed by atoms with Gasteiger partial charge in [0.25, 0.3) is 0 Å². The van der Waals surface area contributed by atoms with Gasteiger partial charge in [0.05, 0.1) is 18.8 Å². The predicted molar refractivity (Wildman–Crippen MR) is 110 cm³/mol. The van der Waals surface area contributed by atoms with Crippen molar-refractivity contribution in [2.75, 3.05) is 13.2 Å². The first-order valence-electron chi connectivity index (χ1n) is 10.6. The Hall–Kier alpha value is -1.55. The van der Waals surface area contributed by atoms with Gasteiger partial charge in [0, 0.05) is 0 Å². The van der Waals surface area contributed by atoms with Crippen molar-refractivity contribution in [3.05, 3.63) is 36.8 Å². The molecule has 4 nitrogen and oxygen atoms in total. The summed E-state index contributed by atoms with van der Waals surface area (Å²) in [5, 5.41) is 0. The van der Waals surface area contributed by atoms with Gasteiger partial charge in [-0.15, -0.1) is 0 Å². The Kier molecular flexibility index (Phi) is 14.5.